The van der Waals surface area contributed by atoms with Crippen LogP contribution >= 0.6 is 11.3 Å². The first-order valence-electron chi connectivity index (χ1n) is 6.59. The molecule has 0 bridgehead atoms. The third-order valence-corrected chi connectivity index (χ3v) is 4.17. The summed E-state index contributed by atoms with van der Waals surface area (Å²) in [6.07, 6.45) is 0. The Morgan fingerprint density at radius 3 is 2.95 bits per heavy atom. The van der Waals surface area contributed by atoms with Gasteiger partial charge < -0.3 is 0 Å². The number of para-hydroxylation sites is 1. The van der Waals surface area contributed by atoms with Crippen molar-refractivity contribution in [1.82, 2.24) is 19.2 Å². The number of fused-ring (bicyclic) bond motifs is 3. The summed E-state index contributed by atoms with van der Waals surface area (Å²) in [5.41, 5.74) is 5.06. The summed E-state index contributed by atoms with van der Waals surface area (Å²) in [5, 5.41) is 7.44. The van der Waals surface area contributed by atoms with Crippen molar-refractivity contribution in [3.8, 4) is 0 Å². The van der Waals surface area contributed by atoms with E-state index in [0.29, 0.717) is 12.2 Å². The number of thiazole rings is 1. The minimum atomic E-state index is -0.127. The van der Waals surface area contributed by atoms with Crippen LogP contribution in [0.25, 0.3) is 16.6 Å². The fraction of sp³-hybridized carbons (Fsp3) is 0.133. The molecule has 0 fully saturated rings. The van der Waals surface area contributed by atoms with Gasteiger partial charge in [0.1, 0.15) is 0 Å². The number of nitrogens with zero attached hydrogens (tertiary/aromatic N) is 4. The van der Waals surface area contributed by atoms with E-state index in [0.717, 1.165) is 22.2 Å². The third-order valence-electron chi connectivity index (χ3n) is 3.54. The molecule has 4 rings (SSSR count). The summed E-state index contributed by atoms with van der Waals surface area (Å²) in [6, 6.07) is 9.91. The van der Waals surface area contributed by atoms with E-state index in [2.05, 4.69) is 16.1 Å². The van der Waals surface area contributed by atoms with Crippen molar-refractivity contribution in [2.75, 3.05) is 0 Å². The molecule has 3 heterocycles. The average Bonchev–Trinajstić information content (AvgIpc) is 3.10. The predicted octanol–water partition coefficient (Wildman–Crippen LogP) is 2.46. The Labute approximate surface area is 124 Å². The van der Waals surface area contributed by atoms with Crippen LogP contribution < -0.4 is 5.69 Å². The van der Waals surface area contributed by atoms with Crippen molar-refractivity contribution in [2.24, 2.45) is 0 Å². The molecular formula is C15H12N4OS. The smallest absolute Gasteiger partial charge is 0.248 e. The third kappa shape index (κ3) is 1.87. The maximum absolute atomic E-state index is 12.7. The summed E-state index contributed by atoms with van der Waals surface area (Å²) in [4.78, 5) is 16.9. The van der Waals surface area contributed by atoms with Gasteiger partial charge in [0.05, 0.1) is 23.3 Å². The Morgan fingerprint density at radius 2 is 2.14 bits per heavy atom. The largest absolute Gasteiger partial charge is 0.351 e. The van der Waals surface area contributed by atoms with Gasteiger partial charge in [-0.2, -0.15) is 0 Å². The molecule has 6 heteroatoms. The molecule has 0 unspecified atom stereocenters. The van der Waals surface area contributed by atoms with Crippen molar-refractivity contribution in [3.05, 3.63) is 63.0 Å². The van der Waals surface area contributed by atoms with Gasteiger partial charge in [0, 0.05) is 5.38 Å². The normalized spacial score (nSPS) is 11.5. The zero-order valence-corrected chi connectivity index (χ0v) is 12.2. The highest BCUT2D eigenvalue weighted by Gasteiger charge is 2.13. The van der Waals surface area contributed by atoms with E-state index in [1.54, 1.807) is 9.91 Å². The molecule has 0 aliphatic heterocycles. The highest BCUT2D eigenvalue weighted by Crippen LogP contribution is 2.18. The first kappa shape index (κ1) is 12.3. The van der Waals surface area contributed by atoms with Crippen molar-refractivity contribution >= 4 is 27.9 Å². The van der Waals surface area contributed by atoms with Crippen molar-refractivity contribution in [1.29, 1.82) is 0 Å². The minimum absolute atomic E-state index is 0.127. The van der Waals surface area contributed by atoms with E-state index in [-0.39, 0.29) is 5.69 Å². The number of pyridine rings is 1. The van der Waals surface area contributed by atoms with Crippen molar-refractivity contribution in [3.63, 3.8) is 0 Å². The Bertz CT molecular complexity index is 998. The molecule has 0 N–H and O–H groups in total. The first-order valence-corrected chi connectivity index (χ1v) is 7.53. The SMILES string of the molecule is Cc1cc2ccccc2n2c(=O)n(Cc3cscn3)nc12. The molecule has 4 aromatic rings. The number of aryl methyl sites for hydroxylation is 1. The Kier molecular flexibility index (Phi) is 2.65. The van der Waals surface area contributed by atoms with Crippen LogP contribution in [0.4, 0.5) is 0 Å². The lowest BCUT2D eigenvalue weighted by atomic mass is 10.1. The molecule has 0 spiro atoms. The first-order chi connectivity index (χ1) is 10.2. The topological polar surface area (TPSA) is 52.2 Å². The highest BCUT2D eigenvalue weighted by molar-refractivity contribution is 7.07. The molecular weight excluding hydrogens is 284 g/mol. The number of hydrogen-bond acceptors (Lipinski definition) is 4. The number of benzene rings is 1. The summed E-state index contributed by atoms with van der Waals surface area (Å²) >= 11 is 1.52. The molecule has 0 aliphatic carbocycles. The second-order valence-corrected chi connectivity index (χ2v) is 5.68. The number of aromatic nitrogens is 4. The molecule has 0 aliphatic rings. The van der Waals surface area contributed by atoms with E-state index in [9.17, 15) is 4.79 Å². The van der Waals surface area contributed by atoms with Crippen LogP contribution in [0.5, 0.6) is 0 Å². The minimum Gasteiger partial charge on any atom is -0.248 e. The Balaban J connectivity index is 2.03. The summed E-state index contributed by atoms with van der Waals surface area (Å²) in [6.45, 7) is 2.37. The molecule has 21 heavy (non-hydrogen) atoms. The van der Waals surface area contributed by atoms with Gasteiger partial charge in [-0.25, -0.2) is 18.9 Å². The quantitative estimate of drug-likeness (QED) is 0.571. The van der Waals surface area contributed by atoms with Crippen LogP contribution in [0.3, 0.4) is 0 Å². The standard InChI is InChI=1S/C15H12N4OS/c1-10-6-11-4-2-3-5-13(11)19-14(10)17-18(15(19)20)7-12-8-21-9-16-12/h2-6,8-9H,7H2,1H3. The zero-order valence-electron chi connectivity index (χ0n) is 11.4. The number of hydrogen-bond donors (Lipinski definition) is 0. The van der Waals surface area contributed by atoms with Gasteiger partial charge in [-0.15, -0.1) is 16.4 Å². The summed E-state index contributed by atoms with van der Waals surface area (Å²) < 4.78 is 3.15. The van der Waals surface area contributed by atoms with Crippen LogP contribution in [0.15, 0.2) is 46.0 Å². The monoisotopic (exact) mass is 296 g/mol. The second-order valence-electron chi connectivity index (χ2n) is 4.97. The molecule has 104 valence electrons. The van der Waals surface area contributed by atoms with E-state index in [1.165, 1.54) is 16.0 Å². The second kappa shape index (κ2) is 4.53. The maximum atomic E-state index is 12.7. The molecule has 5 nitrogen and oxygen atoms in total. The lowest BCUT2D eigenvalue weighted by molar-refractivity contribution is 0.650. The van der Waals surface area contributed by atoms with Crippen LogP contribution in [0.2, 0.25) is 0 Å². The molecule has 0 amide bonds. The Morgan fingerprint density at radius 1 is 1.29 bits per heavy atom. The Hall–Kier alpha value is -2.47. The fourth-order valence-corrected chi connectivity index (χ4v) is 3.11. The average molecular weight is 296 g/mol. The van der Waals surface area contributed by atoms with Crippen LogP contribution in [0, 0.1) is 6.92 Å². The molecule has 0 radical (unpaired) electrons. The van der Waals surface area contributed by atoms with Gasteiger partial charge in [0.15, 0.2) is 5.65 Å². The van der Waals surface area contributed by atoms with Gasteiger partial charge in [-0.1, -0.05) is 18.2 Å². The molecule has 3 aromatic heterocycles. The van der Waals surface area contributed by atoms with Gasteiger partial charge >= 0.3 is 5.69 Å². The van der Waals surface area contributed by atoms with E-state index in [4.69, 9.17) is 0 Å². The van der Waals surface area contributed by atoms with Crippen LogP contribution in [-0.4, -0.2) is 19.2 Å². The fourth-order valence-electron chi connectivity index (χ4n) is 2.56. The van der Waals surface area contributed by atoms with E-state index < -0.39 is 0 Å². The van der Waals surface area contributed by atoms with Crippen molar-refractivity contribution < 1.29 is 0 Å². The lowest BCUT2D eigenvalue weighted by Gasteiger charge is -2.02. The van der Waals surface area contributed by atoms with Crippen molar-refractivity contribution in [2.45, 2.75) is 13.5 Å². The molecule has 0 saturated heterocycles. The summed E-state index contributed by atoms with van der Waals surface area (Å²) in [5.74, 6) is 0. The molecule has 1 aromatic carbocycles. The molecule has 0 saturated carbocycles. The van der Waals surface area contributed by atoms with E-state index >= 15 is 0 Å². The lowest BCUT2D eigenvalue weighted by Crippen LogP contribution is -2.22. The van der Waals surface area contributed by atoms with E-state index in [1.807, 2.05) is 36.6 Å². The van der Waals surface area contributed by atoms with Crippen LogP contribution in [0.1, 0.15) is 11.3 Å². The zero-order chi connectivity index (χ0) is 14.4. The predicted molar refractivity (Wildman–Crippen MR) is 82.9 cm³/mol. The number of rotatable bonds is 2. The maximum Gasteiger partial charge on any atom is 0.351 e. The van der Waals surface area contributed by atoms with Gasteiger partial charge in [0.25, 0.3) is 0 Å². The van der Waals surface area contributed by atoms with Gasteiger partial charge in [0.2, 0.25) is 0 Å². The van der Waals surface area contributed by atoms with Gasteiger partial charge in [-0.05, 0) is 30.0 Å². The highest BCUT2D eigenvalue weighted by atomic mass is 32.1. The van der Waals surface area contributed by atoms with Crippen LogP contribution in [-0.2, 0) is 6.54 Å². The summed E-state index contributed by atoms with van der Waals surface area (Å²) in [7, 11) is 0. The van der Waals surface area contributed by atoms with Gasteiger partial charge in [-0.3, -0.25) is 0 Å². The molecule has 0 atom stereocenters.